The Morgan fingerprint density at radius 1 is 1.41 bits per heavy atom. The Balaban J connectivity index is 2.11. The SMILES string of the molecule is CN(C)CCCCNCc1ccc(C(=O)O)s1. The van der Waals surface area contributed by atoms with Crippen molar-refractivity contribution in [3.8, 4) is 0 Å². The van der Waals surface area contributed by atoms with Gasteiger partial charge in [-0.1, -0.05) is 0 Å². The third-order valence-electron chi connectivity index (χ3n) is 2.38. The first-order chi connectivity index (χ1) is 8.09. The molecule has 0 radical (unpaired) electrons. The number of carboxylic acids is 1. The van der Waals surface area contributed by atoms with Gasteiger partial charge in [0, 0.05) is 11.4 Å². The first kappa shape index (κ1) is 14.2. The van der Waals surface area contributed by atoms with Crippen LogP contribution in [0.2, 0.25) is 0 Å². The summed E-state index contributed by atoms with van der Waals surface area (Å²) in [5.74, 6) is -0.841. The lowest BCUT2D eigenvalue weighted by molar-refractivity contribution is 0.0702. The smallest absolute Gasteiger partial charge is 0.345 e. The molecule has 17 heavy (non-hydrogen) atoms. The predicted molar refractivity (Wildman–Crippen MR) is 70.8 cm³/mol. The highest BCUT2D eigenvalue weighted by atomic mass is 32.1. The van der Waals surface area contributed by atoms with Crippen LogP contribution in [-0.4, -0.2) is 43.2 Å². The molecule has 1 rings (SSSR count). The van der Waals surface area contributed by atoms with Gasteiger partial charge in [0.25, 0.3) is 0 Å². The standard InChI is InChI=1S/C12H20N2O2S/c1-14(2)8-4-3-7-13-9-10-5-6-11(17-10)12(15)16/h5-6,13H,3-4,7-9H2,1-2H3,(H,15,16). The van der Waals surface area contributed by atoms with Crippen LogP contribution in [0.15, 0.2) is 12.1 Å². The second kappa shape index (κ2) is 7.42. The van der Waals surface area contributed by atoms with Crippen molar-refractivity contribution >= 4 is 17.3 Å². The van der Waals surface area contributed by atoms with Crippen molar-refractivity contribution < 1.29 is 9.90 Å². The summed E-state index contributed by atoms with van der Waals surface area (Å²) in [7, 11) is 4.15. The van der Waals surface area contributed by atoms with Gasteiger partial charge >= 0.3 is 5.97 Å². The summed E-state index contributed by atoms with van der Waals surface area (Å²) < 4.78 is 0. The lowest BCUT2D eigenvalue weighted by Gasteiger charge is -2.08. The molecular formula is C12H20N2O2S. The minimum absolute atomic E-state index is 0.411. The molecule has 0 bridgehead atoms. The fourth-order valence-corrected chi connectivity index (χ4v) is 2.29. The Hall–Kier alpha value is -0.910. The number of aromatic carboxylic acids is 1. The lowest BCUT2D eigenvalue weighted by atomic mass is 10.3. The number of hydrogen-bond acceptors (Lipinski definition) is 4. The Kier molecular flexibility index (Phi) is 6.18. The monoisotopic (exact) mass is 256 g/mol. The summed E-state index contributed by atoms with van der Waals surface area (Å²) >= 11 is 1.34. The van der Waals surface area contributed by atoms with E-state index >= 15 is 0 Å². The van der Waals surface area contributed by atoms with Crippen molar-refractivity contribution in [1.82, 2.24) is 10.2 Å². The highest BCUT2D eigenvalue weighted by Gasteiger charge is 2.05. The molecule has 0 unspecified atom stereocenters. The molecule has 1 aromatic rings. The van der Waals surface area contributed by atoms with E-state index in [-0.39, 0.29) is 0 Å². The topological polar surface area (TPSA) is 52.6 Å². The molecule has 5 heteroatoms. The Morgan fingerprint density at radius 3 is 2.76 bits per heavy atom. The number of unbranched alkanes of at least 4 members (excludes halogenated alkanes) is 1. The van der Waals surface area contributed by atoms with Crippen LogP contribution in [-0.2, 0) is 6.54 Å². The maximum absolute atomic E-state index is 10.7. The molecular weight excluding hydrogens is 236 g/mol. The summed E-state index contributed by atoms with van der Waals surface area (Å²) in [6.07, 6.45) is 2.33. The zero-order chi connectivity index (χ0) is 12.7. The van der Waals surface area contributed by atoms with Gasteiger partial charge in [0.1, 0.15) is 4.88 Å². The lowest BCUT2D eigenvalue weighted by Crippen LogP contribution is -2.17. The molecule has 0 saturated heterocycles. The van der Waals surface area contributed by atoms with Crippen molar-refractivity contribution in [3.05, 3.63) is 21.9 Å². The Morgan fingerprint density at radius 2 is 2.18 bits per heavy atom. The number of nitrogens with one attached hydrogen (secondary N) is 1. The largest absolute Gasteiger partial charge is 0.477 e. The number of hydrogen-bond donors (Lipinski definition) is 2. The molecule has 2 N–H and O–H groups in total. The first-order valence-electron chi connectivity index (χ1n) is 5.77. The van der Waals surface area contributed by atoms with Crippen molar-refractivity contribution in [2.45, 2.75) is 19.4 Å². The quantitative estimate of drug-likeness (QED) is 0.697. The van der Waals surface area contributed by atoms with E-state index in [9.17, 15) is 4.79 Å². The van der Waals surface area contributed by atoms with Crippen LogP contribution in [0.4, 0.5) is 0 Å². The molecule has 1 aromatic heterocycles. The van der Waals surface area contributed by atoms with Crippen molar-refractivity contribution in [3.63, 3.8) is 0 Å². The van der Waals surface area contributed by atoms with Crippen LogP contribution in [0.5, 0.6) is 0 Å². The molecule has 0 amide bonds. The fourth-order valence-electron chi connectivity index (χ4n) is 1.48. The van der Waals surface area contributed by atoms with Gasteiger partial charge in [-0.3, -0.25) is 0 Å². The van der Waals surface area contributed by atoms with E-state index in [2.05, 4.69) is 24.3 Å². The minimum Gasteiger partial charge on any atom is -0.477 e. The minimum atomic E-state index is -0.841. The molecule has 0 fully saturated rings. The molecule has 0 saturated carbocycles. The van der Waals surface area contributed by atoms with Crippen molar-refractivity contribution in [2.75, 3.05) is 27.2 Å². The van der Waals surface area contributed by atoms with Crippen LogP contribution < -0.4 is 5.32 Å². The normalized spacial score (nSPS) is 11.0. The zero-order valence-electron chi connectivity index (χ0n) is 10.4. The highest BCUT2D eigenvalue weighted by molar-refractivity contribution is 7.13. The van der Waals surface area contributed by atoms with Gasteiger partial charge in [-0.05, 0) is 52.2 Å². The van der Waals surface area contributed by atoms with E-state index in [1.54, 1.807) is 6.07 Å². The summed E-state index contributed by atoms with van der Waals surface area (Å²) in [5.41, 5.74) is 0. The molecule has 0 aliphatic heterocycles. The zero-order valence-corrected chi connectivity index (χ0v) is 11.2. The van der Waals surface area contributed by atoms with Crippen LogP contribution in [0.1, 0.15) is 27.4 Å². The summed E-state index contributed by atoms with van der Waals surface area (Å²) in [6.45, 7) is 2.86. The van der Waals surface area contributed by atoms with Gasteiger partial charge in [0.2, 0.25) is 0 Å². The van der Waals surface area contributed by atoms with E-state index in [0.29, 0.717) is 4.88 Å². The van der Waals surface area contributed by atoms with Gasteiger partial charge in [-0.2, -0.15) is 0 Å². The molecule has 0 aliphatic rings. The number of carboxylic acid groups (broad SMARTS) is 1. The van der Waals surface area contributed by atoms with Gasteiger partial charge in [-0.15, -0.1) is 11.3 Å². The van der Waals surface area contributed by atoms with E-state index in [4.69, 9.17) is 5.11 Å². The Bertz CT molecular complexity index is 350. The number of rotatable bonds is 8. The van der Waals surface area contributed by atoms with E-state index in [1.165, 1.54) is 17.8 Å². The molecule has 0 aliphatic carbocycles. The van der Waals surface area contributed by atoms with Gasteiger partial charge in [0.05, 0.1) is 0 Å². The van der Waals surface area contributed by atoms with E-state index in [1.807, 2.05) is 6.07 Å². The van der Waals surface area contributed by atoms with Crippen molar-refractivity contribution in [1.29, 1.82) is 0 Å². The van der Waals surface area contributed by atoms with Crippen LogP contribution in [0.3, 0.4) is 0 Å². The average Bonchev–Trinajstić information content (AvgIpc) is 2.71. The van der Waals surface area contributed by atoms with E-state index in [0.717, 1.165) is 30.9 Å². The second-order valence-electron chi connectivity index (χ2n) is 4.26. The fraction of sp³-hybridized carbons (Fsp3) is 0.583. The van der Waals surface area contributed by atoms with Gasteiger partial charge in [0.15, 0.2) is 0 Å². The molecule has 4 nitrogen and oxygen atoms in total. The number of nitrogens with zero attached hydrogens (tertiary/aromatic N) is 1. The Labute approximate surface area is 106 Å². The first-order valence-corrected chi connectivity index (χ1v) is 6.58. The third-order valence-corrected chi connectivity index (χ3v) is 3.45. The maximum Gasteiger partial charge on any atom is 0.345 e. The molecule has 1 heterocycles. The predicted octanol–water partition coefficient (Wildman–Crippen LogP) is 1.88. The molecule has 0 aromatic carbocycles. The third kappa shape index (κ3) is 5.81. The van der Waals surface area contributed by atoms with Crippen LogP contribution in [0, 0.1) is 0 Å². The molecule has 96 valence electrons. The molecule has 0 atom stereocenters. The van der Waals surface area contributed by atoms with Crippen molar-refractivity contribution in [2.24, 2.45) is 0 Å². The van der Waals surface area contributed by atoms with Crippen LogP contribution in [0.25, 0.3) is 0 Å². The highest BCUT2D eigenvalue weighted by Crippen LogP contribution is 2.15. The van der Waals surface area contributed by atoms with Gasteiger partial charge < -0.3 is 15.3 Å². The summed E-state index contributed by atoms with van der Waals surface area (Å²) in [6, 6.07) is 3.54. The van der Waals surface area contributed by atoms with E-state index < -0.39 is 5.97 Å². The second-order valence-corrected chi connectivity index (χ2v) is 5.43. The average molecular weight is 256 g/mol. The number of carbonyl (C=O) groups is 1. The number of thiophene rings is 1. The maximum atomic E-state index is 10.7. The summed E-state index contributed by atoms with van der Waals surface area (Å²) in [4.78, 5) is 14.3. The van der Waals surface area contributed by atoms with Gasteiger partial charge in [-0.25, -0.2) is 4.79 Å². The molecule has 0 spiro atoms. The summed E-state index contributed by atoms with van der Waals surface area (Å²) in [5, 5.41) is 12.1. The van der Waals surface area contributed by atoms with Crippen LogP contribution >= 0.6 is 11.3 Å².